The molecule has 94 valence electrons. The molecule has 3 nitrogen and oxygen atoms in total. The monoisotopic (exact) mass is 241 g/mol. The summed E-state index contributed by atoms with van der Waals surface area (Å²) in [6, 6.07) is 8.38. The first-order valence-electron chi connectivity index (χ1n) is 6.66. The number of rotatable bonds is 2. The number of imidazole rings is 1. The fraction of sp³-hybridized carbons (Fsp3) is 0.400. The molecule has 3 heteroatoms. The fourth-order valence-electron chi connectivity index (χ4n) is 2.65. The van der Waals surface area contributed by atoms with Crippen molar-refractivity contribution in [1.29, 1.82) is 0 Å². The Labute approximate surface area is 108 Å². The van der Waals surface area contributed by atoms with Gasteiger partial charge in [0.25, 0.3) is 0 Å². The van der Waals surface area contributed by atoms with E-state index in [-0.39, 0.29) is 0 Å². The summed E-state index contributed by atoms with van der Waals surface area (Å²) in [4.78, 5) is 8.05. The van der Waals surface area contributed by atoms with Crippen LogP contribution in [0.2, 0.25) is 0 Å². The Morgan fingerprint density at radius 1 is 1.17 bits per heavy atom. The van der Waals surface area contributed by atoms with Gasteiger partial charge in [-0.25, -0.2) is 4.98 Å². The van der Waals surface area contributed by atoms with E-state index in [0.29, 0.717) is 5.92 Å². The summed E-state index contributed by atoms with van der Waals surface area (Å²) in [5, 5.41) is 3.40. The molecule has 0 bridgehead atoms. The molecule has 0 saturated carbocycles. The summed E-state index contributed by atoms with van der Waals surface area (Å²) in [5.41, 5.74) is 3.76. The highest BCUT2D eigenvalue weighted by Gasteiger charge is 2.17. The number of aryl methyl sites for hydroxylation is 1. The highest BCUT2D eigenvalue weighted by molar-refractivity contribution is 5.59. The van der Waals surface area contributed by atoms with Gasteiger partial charge in [-0.05, 0) is 38.4 Å². The molecule has 1 aliphatic heterocycles. The number of aromatic amines is 1. The number of hydrogen-bond acceptors (Lipinski definition) is 2. The van der Waals surface area contributed by atoms with Crippen LogP contribution in [0.5, 0.6) is 0 Å². The highest BCUT2D eigenvalue weighted by Crippen LogP contribution is 2.27. The standard InChI is InChI=1S/C15H19N3/c1-11-4-2-3-5-13(11)15-17-10-14(18-15)12-6-8-16-9-7-12/h2-5,10,12,16H,6-9H2,1H3,(H,17,18). The minimum absolute atomic E-state index is 0.636. The van der Waals surface area contributed by atoms with Crippen LogP contribution in [0.3, 0.4) is 0 Å². The molecule has 0 amide bonds. The third-order valence-corrected chi connectivity index (χ3v) is 3.77. The predicted octanol–water partition coefficient (Wildman–Crippen LogP) is 2.85. The zero-order chi connectivity index (χ0) is 12.4. The van der Waals surface area contributed by atoms with Crippen LogP contribution in [0.4, 0.5) is 0 Å². The van der Waals surface area contributed by atoms with Gasteiger partial charge >= 0.3 is 0 Å². The Bertz CT molecular complexity index is 524. The highest BCUT2D eigenvalue weighted by atomic mass is 14.9. The van der Waals surface area contributed by atoms with Crippen molar-refractivity contribution >= 4 is 0 Å². The first kappa shape index (κ1) is 11.5. The molecule has 3 rings (SSSR count). The lowest BCUT2D eigenvalue weighted by atomic mass is 9.95. The van der Waals surface area contributed by atoms with Crippen molar-refractivity contribution in [1.82, 2.24) is 15.3 Å². The molecule has 18 heavy (non-hydrogen) atoms. The second-order valence-electron chi connectivity index (χ2n) is 5.03. The van der Waals surface area contributed by atoms with E-state index in [0.717, 1.165) is 18.9 Å². The van der Waals surface area contributed by atoms with E-state index in [2.05, 4.69) is 46.5 Å². The maximum absolute atomic E-state index is 4.55. The fourth-order valence-corrected chi connectivity index (χ4v) is 2.65. The molecule has 2 heterocycles. The number of H-pyrrole nitrogens is 1. The van der Waals surface area contributed by atoms with E-state index in [1.54, 1.807) is 0 Å². The molecule has 1 fully saturated rings. The minimum Gasteiger partial charge on any atom is -0.342 e. The smallest absolute Gasteiger partial charge is 0.137 e. The van der Waals surface area contributed by atoms with Crippen molar-refractivity contribution in [2.24, 2.45) is 0 Å². The van der Waals surface area contributed by atoms with E-state index in [1.807, 2.05) is 6.20 Å². The van der Waals surface area contributed by atoms with Crippen molar-refractivity contribution in [2.75, 3.05) is 13.1 Å². The van der Waals surface area contributed by atoms with E-state index < -0.39 is 0 Å². The maximum atomic E-state index is 4.55. The van der Waals surface area contributed by atoms with Crippen LogP contribution in [0.25, 0.3) is 11.4 Å². The van der Waals surface area contributed by atoms with Crippen molar-refractivity contribution in [3.63, 3.8) is 0 Å². The lowest BCUT2D eigenvalue weighted by molar-refractivity contribution is 0.454. The van der Waals surface area contributed by atoms with Crippen molar-refractivity contribution < 1.29 is 0 Å². The molecule has 2 N–H and O–H groups in total. The summed E-state index contributed by atoms with van der Waals surface area (Å²) in [5.74, 6) is 1.64. The van der Waals surface area contributed by atoms with E-state index in [1.165, 1.54) is 29.7 Å². The Morgan fingerprint density at radius 2 is 1.94 bits per heavy atom. The molecule has 0 atom stereocenters. The van der Waals surface area contributed by atoms with Gasteiger partial charge in [-0.3, -0.25) is 0 Å². The number of hydrogen-bond donors (Lipinski definition) is 2. The summed E-state index contributed by atoms with van der Waals surface area (Å²) < 4.78 is 0. The quantitative estimate of drug-likeness (QED) is 0.848. The number of benzene rings is 1. The van der Waals surface area contributed by atoms with Crippen molar-refractivity contribution in [3.05, 3.63) is 41.7 Å². The van der Waals surface area contributed by atoms with Crippen LogP contribution in [0.1, 0.15) is 30.0 Å². The van der Waals surface area contributed by atoms with Crippen LogP contribution < -0.4 is 5.32 Å². The second kappa shape index (κ2) is 4.94. The van der Waals surface area contributed by atoms with Crippen LogP contribution >= 0.6 is 0 Å². The van der Waals surface area contributed by atoms with Crippen LogP contribution in [0, 0.1) is 6.92 Å². The van der Waals surface area contributed by atoms with Gasteiger partial charge in [0, 0.05) is 23.4 Å². The average Bonchev–Trinajstić information content (AvgIpc) is 2.90. The zero-order valence-corrected chi connectivity index (χ0v) is 10.7. The molecule has 1 aromatic heterocycles. The van der Waals surface area contributed by atoms with Gasteiger partial charge in [0.15, 0.2) is 0 Å². The average molecular weight is 241 g/mol. The zero-order valence-electron chi connectivity index (χ0n) is 10.7. The molecule has 0 radical (unpaired) electrons. The molecule has 1 saturated heterocycles. The predicted molar refractivity (Wildman–Crippen MR) is 73.6 cm³/mol. The summed E-state index contributed by atoms with van der Waals surface area (Å²) in [6.45, 7) is 4.36. The third-order valence-electron chi connectivity index (χ3n) is 3.77. The molecular weight excluding hydrogens is 222 g/mol. The van der Waals surface area contributed by atoms with Crippen LogP contribution in [-0.2, 0) is 0 Å². The first-order valence-corrected chi connectivity index (χ1v) is 6.66. The molecule has 0 aliphatic carbocycles. The van der Waals surface area contributed by atoms with Gasteiger partial charge in [0.1, 0.15) is 5.82 Å². The van der Waals surface area contributed by atoms with Crippen LogP contribution in [-0.4, -0.2) is 23.1 Å². The topological polar surface area (TPSA) is 40.7 Å². The first-order chi connectivity index (χ1) is 8.84. The van der Waals surface area contributed by atoms with Crippen LogP contribution in [0.15, 0.2) is 30.5 Å². The molecule has 2 aromatic rings. The molecule has 0 spiro atoms. The second-order valence-corrected chi connectivity index (χ2v) is 5.03. The number of nitrogens with zero attached hydrogens (tertiary/aromatic N) is 1. The van der Waals surface area contributed by atoms with Crippen molar-refractivity contribution in [3.8, 4) is 11.4 Å². The molecule has 0 unspecified atom stereocenters. The van der Waals surface area contributed by atoms with Gasteiger partial charge in [-0.2, -0.15) is 0 Å². The molecule has 1 aliphatic rings. The van der Waals surface area contributed by atoms with Gasteiger partial charge in [-0.1, -0.05) is 24.3 Å². The van der Waals surface area contributed by atoms with E-state index in [4.69, 9.17) is 0 Å². The summed E-state index contributed by atoms with van der Waals surface area (Å²) >= 11 is 0. The third kappa shape index (κ3) is 2.18. The Morgan fingerprint density at radius 3 is 2.72 bits per heavy atom. The SMILES string of the molecule is Cc1ccccc1-c1ncc(C2CCNCC2)[nH]1. The summed E-state index contributed by atoms with van der Waals surface area (Å²) in [7, 11) is 0. The number of nitrogens with one attached hydrogen (secondary N) is 2. The lowest BCUT2D eigenvalue weighted by Gasteiger charge is -2.21. The number of aromatic nitrogens is 2. The molecular formula is C15H19N3. The van der Waals surface area contributed by atoms with E-state index >= 15 is 0 Å². The van der Waals surface area contributed by atoms with Gasteiger partial charge in [0.05, 0.1) is 0 Å². The Balaban J connectivity index is 1.87. The summed E-state index contributed by atoms with van der Waals surface area (Å²) in [6.07, 6.45) is 4.42. The Kier molecular flexibility index (Phi) is 3.15. The number of piperidine rings is 1. The van der Waals surface area contributed by atoms with Crippen molar-refractivity contribution in [2.45, 2.75) is 25.7 Å². The van der Waals surface area contributed by atoms with Gasteiger partial charge in [-0.15, -0.1) is 0 Å². The minimum atomic E-state index is 0.636. The largest absolute Gasteiger partial charge is 0.342 e. The normalized spacial score (nSPS) is 16.9. The molecule has 1 aromatic carbocycles. The van der Waals surface area contributed by atoms with Gasteiger partial charge < -0.3 is 10.3 Å². The maximum Gasteiger partial charge on any atom is 0.137 e. The Hall–Kier alpha value is -1.61. The van der Waals surface area contributed by atoms with E-state index in [9.17, 15) is 0 Å². The van der Waals surface area contributed by atoms with Gasteiger partial charge in [0.2, 0.25) is 0 Å². The lowest BCUT2D eigenvalue weighted by Crippen LogP contribution is -2.26.